The van der Waals surface area contributed by atoms with Gasteiger partial charge in [-0.1, -0.05) is 45.0 Å². The second kappa shape index (κ2) is 4.77. The lowest BCUT2D eigenvalue weighted by molar-refractivity contribution is 0.590. The number of nitrogens with zero attached hydrogens (tertiary/aromatic N) is 2. The Kier molecular flexibility index (Phi) is 3.32. The van der Waals surface area contributed by atoms with Crippen LogP contribution in [0.2, 0.25) is 0 Å². The van der Waals surface area contributed by atoms with Gasteiger partial charge in [0.25, 0.3) is 0 Å². The van der Waals surface area contributed by atoms with Crippen LogP contribution < -0.4 is 5.73 Å². The van der Waals surface area contributed by atoms with Crippen LogP contribution in [0.4, 0.5) is 5.82 Å². The minimum Gasteiger partial charge on any atom is -0.384 e. The molecule has 2 rings (SSSR count). The van der Waals surface area contributed by atoms with Gasteiger partial charge in [0, 0.05) is 12.6 Å². The van der Waals surface area contributed by atoms with Gasteiger partial charge in [0.15, 0.2) is 0 Å². The monoisotopic (exact) mass is 241 g/mol. The van der Waals surface area contributed by atoms with E-state index in [0.29, 0.717) is 5.82 Å². The first-order valence-electron chi connectivity index (χ1n) is 6.12. The molecule has 0 aliphatic carbocycles. The molecule has 18 heavy (non-hydrogen) atoms. The summed E-state index contributed by atoms with van der Waals surface area (Å²) in [4.78, 5) is 8.42. The van der Waals surface area contributed by atoms with Crippen LogP contribution in [0.1, 0.15) is 37.7 Å². The molecule has 0 aliphatic heterocycles. The smallest absolute Gasteiger partial charge is 0.135 e. The van der Waals surface area contributed by atoms with E-state index < -0.39 is 0 Å². The highest BCUT2D eigenvalue weighted by atomic mass is 14.9. The number of nitrogen functional groups attached to an aromatic ring is 1. The molecule has 0 atom stereocenters. The van der Waals surface area contributed by atoms with Crippen molar-refractivity contribution in [2.45, 2.75) is 32.6 Å². The van der Waals surface area contributed by atoms with Crippen LogP contribution in [0.25, 0.3) is 0 Å². The van der Waals surface area contributed by atoms with E-state index in [0.717, 1.165) is 12.2 Å². The van der Waals surface area contributed by atoms with Gasteiger partial charge in [-0.2, -0.15) is 0 Å². The number of benzene rings is 1. The normalized spacial score (nSPS) is 11.5. The van der Waals surface area contributed by atoms with E-state index in [2.05, 4.69) is 55.0 Å². The van der Waals surface area contributed by atoms with Crippen molar-refractivity contribution < 1.29 is 0 Å². The summed E-state index contributed by atoms with van der Waals surface area (Å²) in [7, 11) is 0. The lowest BCUT2D eigenvalue weighted by atomic mass is 9.86. The first kappa shape index (κ1) is 12.6. The lowest BCUT2D eigenvalue weighted by Gasteiger charge is -2.19. The van der Waals surface area contributed by atoms with Crippen LogP contribution in [-0.4, -0.2) is 9.97 Å². The topological polar surface area (TPSA) is 51.8 Å². The van der Waals surface area contributed by atoms with Crippen molar-refractivity contribution in [3.05, 3.63) is 53.5 Å². The van der Waals surface area contributed by atoms with Crippen molar-refractivity contribution in [2.75, 3.05) is 5.73 Å². The SMILES string of the molecule is CC(C)(C)c1ccc(Cc2nccc(N)n2)cc1. The summed E-state index contributed by atoms with van der Waals surface area (Å²) >= 11 is 0. The number of hydrogen-bond donors (Lipinski definition) is 1. The van der Waals surface area contributed by atoms with Gasteiger partial charge in [-0.25, -0.2) is 9.97 Å². The average molecular weight is 241 g/mol. The van der Waals surface area contributed by atoms with Crippen molar-refractivity contribution in [1.29, 1.82) is 0 Å². The Labute approximate surface area is 108 Å². The Bertz CT molecular complexity index is 524. The fourth-order valence-corrected chi connectivity index (χ4v) is 1.81. The molecule has 0 radical (unpaired) electrons. The van der Waals surface area contributed by atoms with E-state index in [9.17, 15) is 0 Å². The third-order valence-electron chi connectivity index (χ3n) is 2.91. The highest BCUT2D eigenvalue weighted by Gasteiger charge is 2.12. The van der Waals surface area contributed by atoms with E-state index >= 15 is 0 Å². The Morgan fingerprint density at radius 2 is 1.72 bits per heavy atom. The van der Waals surface area contributed by atoms with Crippen molar-refractivity contribution >= 4 is 5.82 Å². The summed E-state index contributed by atoms with van der Waals surface area (Å²) in [5, 5.41) is 0. The van der Waals surface area contributed by atoms with Crippen LogP contribution in [0.5, 0.6) is 0 Å². The molecule has 0 amide bonds. The molecule has 3 heteroatoms. The predicted octanol–water partition coefficient (Wildman–Crippen LogP) is 2.95. The van der Waals surface area contributed by atoms with Gasteiger partial charge in [0.2, 0.25) is 0 Å². The summed E-state index contributed by atoms with van der Waals surface area (Å²) in [5.41, 5.74) is 8.36. The Morgan fingerprint density at radius 3 is 2.28 bits per heavy atom. The molecule has 0 unspecified atom stereocenters. The molecule has 1 heterocycles. The number of hydrogen-bond acceptors (Lipinski definition) is 3. The molecule has 0 saturated carbocycles. The average Bonchev–Trinajstić information content (AvgIpc) is 2.28. The fourth-order valence-electron chi connectivity index (χ4n) is 1.81. The molecule has 1 aromatic heterocycles. The fraction of sp³-hybridized carbons (Fsp3) is 0.333. The first-order chi connectivity index (χ1) is 8.45. The van der Waals surface area contributed by atoms with E-state index in [1.807, 2.05) is 0 Å². The maximum atomic E-state index is 5.64. The molecular weight excluding hydrogens is 222 g/mol. The van der Waals surface area contributed by atoms with Gasteiger partial charge in [0.05, 0.1) is 0 Å². The largest absolute Gasteiger partial charge is 0.384 e. The summed E-state index contributed by atoms with van der Waals surface area (Å²) in [6.45, 7) is 6.63. The minimum absolute atomic E-state index is 0.187. The third-order valence-corrected chi connectivity index (χ3v) is 2.91. The van der Waals surface area contributed by atoms with E-state index in [-0.39, 0.29) is 5.41 Å². The number of anilines is 1. The van der Waals surface area contributed by atoms with Gasteiger partial charge >= 0.3 is 0 Å². The maximum absolute atomic E-state index is 5.64. The zero-order valence-electron chi connectivity index (χ0n) is 11.1. The lowest BCUT2D eigenvalue weighted by Crippen LogP contribution is -2.10. The molecule has 3 nitrogen and oxygen atoms in total. The van der Waals surface area contributed by atoms with Crippen LogP contribution in [0, 0.1) is 0 Å². The molecule has 0 saturated heterocycles. The highest BCUT2D eigenvalue weighted by molar-refractivity contribution is 5.30. The molecule has 0 bridgehead atoms. The zero-order chi connectivity index (χ0) is 13.2. The third kappa shape index (κ3) is 3.06. The second-order valence-corrected chi connectivity index (χ2v) is 5.52. The van der Waals surface area contributed by atoms with Crippen molar-refractivity contribution in [1.82, 2.24) is 9.97 Å². The van der Waals surface area contributed by atoms with Gasteiger partial charge in [-0.15, -0.1) is 0 Å². The van der Waals surface area contributed by atoms with Gasteiger partial charge < -0.3 is 5.73 Å². The molecule has 2 aromatic rings. The van der Waals surface area contributed by atoms with Crippen LogP contribution in [0.15, 0.2) is 36.5 Å². The van der Waals surface area contributed by atoms with Gasteiger partial charge in [-0.05, 0) is 22.6 Å². The summed E-state index contributed by atoms with van der Waals surface area (Å²) < 4.78 is 0. The molecule has 0 fully saturated rings. The Morgan fingerprint density at radius 1 is 1.06 bits per heavy atom. The quantitative estimate of drug-likeness (QED) is 0.879. The predicted molar refractivity (Wildman–Crippen MR) is 74.4 cm³/mol. The van der Waals surface area contributed by atoms with E-state index in [1.165, 1.54) is 11.1 Å². The molecule has 0 aliphatic rings. The van der Waals surface area contributed by atoms with Crippen LogP contribution >= 0.6 is 0 Å². The standard InChI is InChI=1S/C15H19N3/c1-15(2,3)12-6-4-11(5-7-12)10-14-17-9-8-13(16)18-14/h4-9H,10H2,1-3H3,(H2,16,17,18). The summed E-state index contributed by atoms with van der Waals surface area (Å²) in [5.74, 6) is 1.28. The Balaban J connectivity index is 2.16. The number of nitrogens with two attached hydrogens (primary N) is 1. The number of rotatable bonds is 2. The van der Waals surface area contributed by atoms with Gasteiger partial charge in [0.1, 0.15) is 11.6 Å². The van der Waals surface area contributed by atoms with E-state index in [4.69, 9.17) is 5.73 Å². The zero-order valence-corrected chi connectivity index (χ0v) is 11.1. The highest BCUT2D eigenvalue weighted by Crippen LogP contribution is 2.22. The minimum atomic E-state index is 0.187. The molecule has 2 N–H and O–H groups in total. The van der Waals surface area contributed by atoms with Crippen molar-refractivity contribution in [2.24, 2.45) is 0 Å². The maximum Gasteiger partial charge on any atom is 0.135 e. The first-order valence-corrected chi connectivity index (χ1v) is 6.12. The Hall–Kier alpha value is -1.90. The summed E-state index contributed by atoms with van der Waals surface area (Å²) in [6.07, 6.45) is 2.41. The van der Waals surface area contributed by atoms with Gasteiger partial charge in [-0.3, -0.25) is 0 Å². The van der Waals surface area contributed by atoms with Crippen LogP contribution in [-0.2, 0) is 11.8 Å². The van der Waals surface area contributed by atoms with Crippen LogP contribution in [0.3, 0.4) is 0 Å². The van der Waals surface area contributed by atoms with E-state index in [1.54, 1.807) is 12.3 Å². The molecule has 94 valence electrons. The second-order valence-electron chi connectivity index (χ2n) is 5.52. The molecule has 1 aromatic carbocycles. The number of aromatic nitrogens is 2. The van der Waals surface area contributed by atoms with Crippen molar-refractivity contribution in [3.63, 3.8) is 0 Å². The molecule has 0 spiro atoms. The molecular formula is C15H19N3. The summed E-state index contributed by atoms with van der Waals surface area (Å²) in [6, 6.07) is 10.3. The van der Waals surface area contributed by atoms with Crippen molar-refractivity contribution in [3.8, 4) is 0 Å².